The van der Waals surface area contributed by atoms with Gasteiger partial charge in [0.15, 0.2) is 0 Å². The molecule has 1 atom stereocenters. The quantitative estimate of drug-likeness (QED) is 0.817. The van der Waals surface area contributed by atoms with Gasteiger partial charge < -0.3 is 4.74 Å². The van der Waals surface area contributed by atoms with Gasteiger partial charge in [0.2, 0.25) is 10.0 Å². The van der Waals surface area contributed by atoms with Gasteiger partial charge in [-0.25, -0.2) is 8.42 Å². The zero-order chi connectivity index (χ0) is 13.7. The van der Waals surface area contributed by atoms with Crippen molar-refractivity contribution in [3.63, 3.8) is 0 Å². The molecule has 0 amide bonds. The smallest absolute Gasteiger partial charge is 0.215 e. The Bertz CT molecular complexity index is 551. The molecule has 19 heavy (non-hydrogen) atoms. The molecule has 0 N–H and O–H groups in total. The zero-order valence-electron chi connectivity index (χ0n) is 10.5. The van der Waals surface area contributed by atoms with Crippen LogP contribution in [0, 0.1) is 11.3 Å². The normalized spacial score (nSPS) is 20.9. The number of morpholine rings is 1. The van der Waals surface area contributed by atoms with E-state index in [9.17, 15) is 8.42 Å². The highest BCUT2D eigenvalue weighted by Crippen LogP contribution is 2.14. The molecule has 0 aliphatic carbocycles. The van der Waals surface area contributed by atoms with Crippen LogP contribution in [0.2, 0.25) is 0 Å². The van der Waals surface area contributed by atoms with Crippen LogP contribution in [0.25, 0.3) is 0 Å². The summed E-state index contributed by atoms with van der Waals surface area (Å²) in [6.07, 6.45) is 0.457. The summed E-state index contributed by atoms with van der Waals surface area (Å²) in [5.74, 6) is 0.0230. The molecule has 0 radical (unpaired) electrons. The van der Waals surface area contributed by atoms with Crippen molar-refractivity contribution in [2.75, 3.05) is 25.5 Å². The minimum atomic E-state index is -3.41. The first-order valence-corrected chi connectivity index (χ1v) is 7.75. The third-order valence-electron chi connectivity index (χ3n) is 3.08. The van der Waals surface area contributed by atoms with E-state index in [0.29, 0.717) is 13.0 Å². The molecule has 1 fully saturated rings. The van der Waals surface area contributed by atoms with Crippen LogP contribution in [0.3, 0.4) is 0 Å². The van der Waals surface area contributed by atoms with Gasteiger partial charge in [0, 0.05) is 6.54 Å². The molecule has 1 aromatic rings. The molecule has 2 rings (SSSR count). The number of ether oxygens (including phenoxy) is 1. The summed E-state index contributed by atoms with van der Waals surface area (Å²) in [4.78, 5) is 0. The van der Waals surface area contributed by atoms with Gasteiger partial charge in [-0.1, -0.05) is 30.3 Å². The Morgan fingerprint density at radius 2 is 2.11 bits per heavy atom. The van der Waals surface area contributed by atoms with Crippen LogP contribution in [0.5, 0.6) is 0 Å². The van der Waals surface area contributed by atoms with Crippen LogP contribution >= 0.6 is 0 Å². The molecule has 1 heterocycles. The van der Waals surface area contributed by atoms with Crippen molar-refractivity contribution in [3.8, 4) is 6.07 Å². The summed E-state index contributed by atoms with van der Waals surface area (Å²) in [5.41, 5.74) is 0.979. The maximum absolute atomic E-state index is 12.2. The van der Waals surface area contributed by atoms with E-state index >= 15 is 0 Å². The number of aryl methyl sites for hydroxylation is 1. The van der Waals surface area contributed by atoms with Gasteiger partial charge in [-0.05, 0) is 12.0 Å². The molecule has 0 bridgehead atoms. The van der Waals surface area contributed by atoms with Gasteiger partial charge in [-0.15, -0.1) is 0 Å². The predicted octanol–water partition coefficient (Wildman–Crippen LogP) is 0.783. The lowest BCUT2D eigenvalue weighted by Gasteiger charge is -2.30. The summed E-state index contributed by atoms with van der Waals surface area (Å²) in [5, 5.41) is 8.97. The second-order valence-electron chi connectivity index (χ2n) is 4.38. The van der Waals surface area contributed by atoms with Crippen LogP contribution in [0.1, 0.15) is 5.56 Å². The van der Waals surface area contributed by atoms with Crippen LogP contribution in [0.4, 0.5) is 0 Å². The van der Waals surface area contributed by atoms with Gasteiger partial charge in [0.25, 0.3) is 0 Å². The van der Waals surface area contributed by atoms with Crippen molar-refractivity contribution in [2.45, 2.75) is 12.5 Å². The minimum Gasteiger partial charge on any atom is -0.377 e. The molecule has 0 saturated carbocycles. The van der Waals surface area contributed by atoms with Gasteiger partial charge in [-0.3, -0.25) is 0 Å². The Morgan fingerprint density at radius 3 is 2.79 bits per heavy atom. The number of benzene rings is 1. The predicted molar refractivity (Wildman–Crippen MR) is 70.9 cm³/mol. The number of nitriles is 1. The first-order chi connectivity index (χ1) is 9.13. The van der Waals surface area contributed by atoms with Crippen molar-refractivity contribution in [3.05, 3.63) is 35.9 Å². The van der Waals surface area contributed by atoms with Crippen molar-refractivity contribution < 1.29 is 13.2 Å². The highest BCUT2D eigenvalue weighted by Gasteiger charge is 2.32. The molecular weight excluding hydrogens is 264 g/mol. The maximum Gasteiger partial charge on any atom is 0.215 e. The van der Waals surface area contributed by atoms with Gasteiger partial charge in [0.05, 0.1) is 25.0 Å². The molecular formula is C13H16N2O3S. The lowest BCUT2D eigenvalue weighted by Crippen LogP contribution is -2.48. The van der Waals surface area contributed by atoms with Gasteiger partial charge >= 0.3 is 0 Å². The highest BCUT2D eigenvalue weighted by atomic mass is 32.2. The number of sulfonamides is 1. The van der Waals surface area contributed by atoms with E-state index in [-0.39, 0.29) is 18.9 Å². The SMILES string of the molecule is N#CC1COCCN1S(=O)(=O)CCc1ccccc1. The first-order valence-electron chi connectivity index (χ1n) is 6.14. The van der Waals surface area contributed by atoms with Crippen LogP contribution in [-0.4, -0.2) is 44.3 Å². The third kappa shape index (κ3) is 3.53. The summed E-state index contributed by atoms with van der Waals surface area (Å²) in [7, 11) is -3.41. The van der Waals surface area contributed by atoms with Crippen molar-refractivity contribution in [2.24, 2.45) is 0 Å². The molecule has 1 unspecified atom stereocenters. The fourth-order valence-corrected chi connectivity index (χ4v) is 3.61. The van der Waals surface area contributed by atoms with E-state index in [1.54, 1.807) is 0 Å². The monoisotopic (exact) mass is 280 g/mol. The van der Waals surface area contributed by atoms with Crippen molar-refractivity contribution in [1.29, 1.82) is 5.26 Å². The number of hydrogen-bond acceptors (Lipinski definition) is 4. The summed E-state index contributed by atoms with van der Waals surface area (Å²) < 4.78 is 30.9. The fraction of sp³-hybridized carbons (Fsp3) is 0.462. The second kappa shape index (κ2) is 6.15. The van der Waals surface area contributed by atoms with E-state index in [1.165, 1.54) is 4.31 Å². The molecule has 102 valence electrons. The van der Waals surface area contributed by atoms with E-state index in [1.807, 2.05) is 36.4 Å². The Balaban J connectivity index is 2.03. The topological polar surface area (TPSA) is 70.4 Å². The molecule has 5 nitrogen and oxygen atoms in total. The molecule has 0 spiro atoms. The summed E-state index contributed by atoms with van der Waals surface area (Å²) in [6, 6.07) is 10.7. The number of hydrogen-bond donors (Lipinski definition) is 0. The molecule has 1 aliphatic rings. The van der Waals surface area contributed by atoms with E-state index in [4.69, 9.17) is 10.00 Å². The van der Waals surface area contributed by atoms with Gasteiger partial charge in [-0.2, -0.15) is 9.57 Å². The first kappa shape index (κ1) is 14.0. The molecule has 1 aliphatic heterocycles. The number of rotatable bonds is 4. The molecule has 6 heteroatoms. The Hall–Kier alpha value is -1.42. The summed E-state index contributed by atoms with van der Waals surface area (Å²) >= 11 is 0. The fourth-order valence-electron chi connectivity index (χ4n) is 2.03. The average Bonchev–Trinajstić information content (AvgIpc) is 2.46. The Morgan fingerprint density at radius 1 is 1.37 bits per heavy atom. The van der Waals surface area contributed by atoms with Crippen LogP contribution in [-0.2, 0) is 21.2 Å². The summed E-state index contributed by atoms with van der Waals surface area (Å²) in [6.45, 7) is 0.763. The lowest BCUT2D eigenvalue weighted by molar-refractivity contribution is 0.0512. The standard InChI is InChI=1S/C13H16N2O3S/c14-10-13-11-18-8-7-15(13)19(16,17)9-6-12-4-2-1-3-5-12/h1-5,13H,6-9,11H2. The van der Waals surface area contributed by atoms with Gasteiger partial charge in [0.1, 0.15) is 6.04 Å². The average molecular weight is 280 g/mol. The van der Waals surface area contributed by atoms with Crippen molar-refractivity contribution in [1.82, 2.24) is 4.31 Å². The van der Waals surface area contributed by atoms with E-state index in [2.05, 4.69) is 0 Å². The van der Waals surface area contributed by atoms with Crippen LogP contribution in [0.15, 0.2) is 30.3 Å². The molecule has 1 saturated heterocycles. The molecule has 0 aromatic heterocycles. The third-order valence-corrected chi connectivity index (χ3v) is 4.95. The largest absolute Gasteiger partial charge is 0.377 e. The maximum atomic E-state index is 12.2. The van der Waals surface area contributed by atoms with Crippen LogP contribution < -0.4 is 0 Å². The minimum absolute atomic E-state index is 0.0230. The van der Waals surface area contributed by atoms with Crippen molar-refractivity contribution >= 4 is 10.0 Å². The Kier molecular flexibility index (Phi) is 4.53. The number of nitrogens with zero attached hydrogens (tertiary/aromatic N) is 2. The van der Waals surface area contributed by atoms with E-state index in [0.717, 1.165) is 5.56 Å². The molecule has 1 aromatic carbocycles. The Labute approximate surface area is 113 Å². The second-order valence-corrected chi connectivity index (χ2v) is 6.42. The lowest BCUT2D eigenvalue weighted by atomic mass is 10.2. The highest BCUT2D eigenvalue weighted by molar-refractivity contribution is 7.89. The zero-order valence-corrected chi connectivity index (χ0v) is 11.3. The van der Waals surface area contributed by atoms with E-state index < -0.39 is 16.1 Å².